The van der Waals surface area contributed by atoms with Gasteiger partial charge in [0.05, 0.1) is 9.90 Å². The lowest BCUT2D eigenvalue weighted by Gasteiger charge is -2.19. The van der Waals surface area contributed by atoms with Crippen molar-refractivity contribution in [2.45, 2.75) is 13.8 Å². The minimum atomic E-state index is -0.519. The van der Waals surface area contributed by atoms with Crippen LogP contribution in [0, 0.1) is 5.41 Å². The van der Waals surface area contributed by atoms with E-state index in [2.05, 4.69) is 0 Å². The Labute approximate surface area is 86.7 Å². The maximum absolute atomic E-state index is 11.8. The molecule has 0 unspecified atom stereocenters. The number of hydrogen-bond donors (Lipinski definition) is 1. The highest BCUT2D eigenvalue weighted by Crippen LogP contribution is 2.29. The number of carbonyl (C=O) groups excluding carboxylic acids is 1. The Morgan fingerprint density at radius 2 is 2.31 bits per heavy atom. The second-order valence-corrected chi connectivity index (χ2v) is 4.84. The molecule has 13 heavy (non-hydrogen) atoms. The molecule has 0 bridgehead atoms. The molecule has 72 valence electrons. The molecule has 2 N–H and O–H groups in total. The molecule has 0 saturated carbocycles. The molecule has 0 spiro atoms. The van der Waals surface area contributed by atoms with Crippen molar-refractivity contribution >= 4 is 28.7 Å². The SMILES string of the molecule is CC(C)(CN)C(=O)c1sccc1Cl. The molecule has 0 fully saturated rings. The monoisotopic (exact) mass is 217 g/mol. The molecular formula is C9H12ClNOS. The van der Waals surface area contributed by atoms with E-state index in [0.29, 0.717) is 16.4 Å². The van der Waals surface area contributed by atoms with Crippen molar-refractivity contribution in [1.82, 2.24) is 0 Å². The van der Waals surface area contributed by atoms with E-state index in [4.69, 9.17) is 17.3 Å². The predicted molar refractivity (Wildman–Crippen MR) is 56.5 cm³/mol. The molecule has 2 nitrogen and oxygen atoms in total. The van der Waals surface area contributed by atoms with Crippen LogP contribution in [-0.4, -0.2) is 12.3 Å². The Morgan fingerprint density at radius 1 is 1.69 bits per heavy atom. The average Bonchev–Trinajstić information content (AvgIpc) is 2.50. The van der Waals surface area contributed by atoms with Gasteiger partial charge in [0.2, 0.25) is 0 Å². The van der Waals surface area contributed by atoms with Crippen molar-refractivity contribution in [3.63, 3.8) is 0 Å². The van der Waals surface area contributed by atoms with Crippen LogP contribution in [0.25, 0.3) is 0 Å². The number of thiophene rings is 1. The number of Topliss-reactive ketones (excluding diaryl/α,β-unsaturated/α-hetero) is 1. The number of hydrogen-bond acceptors (Lipinski definition) is 3. The highest BCUT2D eigenvalue weighted by molar-refractivity contribution is 7.12. The summed E-state index contributed by atoms with van der Waals surface area (Å²) in [5, 5.41) is 2.33. The van der Waals surface area contributed by atoms with Crippen molar-refractivity contribution in [2.75, 3.05) is 6.54 Å². The van der Waals surface area contributed by atoms with Crippen LogP contribution in [0.15, 0.2) is 11.4 Å². The second kappa shape index (κ2) is 3.78. The number of halogens is 1. The summed E-state index contributed by atoms with van der Waals surface area (Å²) in [4.78, 5) is 12.4. The van der Waals surface area contributed by atoms with Crippen LogP contribution < -0.4 is 5.73 Å². The van der Waals surface area contributed by atoms with E-state index in [0.717, 1.165) is 0 Å². The van der Waals surface area contributed by atoms with Gasteiger partial charge in [0.1, 0.15) is 0 Å². The van der Waals surface area contributed by atoms with Crippen molar-refractivity contribution in [3.8, 4) is 0 Å². The third kappa shape index (κ3) is 2.10. The van der Waals surface area contributed by atoms with Gasteiger partial charge in [0.15, 0.2) is 5.78 Å². The Hall–Kier alpha value is -0.380. The molecule has 1 aromatic rings. The summed E-state index contributed by atoms with van der Waals surface area (Å²) >= 11 is 7.21. The van der Waals surface area contributed by atoms with Crippen LogP contribution in [0.5, 0.6) is 0 Å². The fraction of sp³-hybridized carbons (Fsp3) is 0.444. The Bertz CT molecular complexity index is 319. The number of carbonyl (C=O) groups is 1. The Morgan fingerprint density at radius 3 is 2.69 bits per heavy atom. The summed E-state index contributed by atoms with van der Waals surface area (Å²) < 4.78 is 0. The lowest BCUT2D eigenvalue weighted by Crippen LogP contribution is -2.32. The van der Waals surface area contributed by atoms with Gasteiger partial charge >= 0.3 is 0 Å². The molecule has 0 aliphatic rings. The Kier molecular flexibility index (Phi) is 3.11. The molecule has 1 heterocycles. The van der Waals surface area contributed by atoms with Gasteiger partial charge in [-0.2, -0.15) is 0 Å². The normalized spacial score (nSPS) is 11.7. The lowest BCUT2D eigenvalue weighted by atomic mass is 9.87. The standard InChI is InChI=1S/C9H12ClNOS/c1-9(2,5-11)8(12)7-6(10)3-4-13-7/h3-4H,5,11H2,1-2H3. The van der Waals surface area contributed by atoms with Gasteiger partial charge in [-0.15, -0.1) is 11.3 Å². The van der Waals surface area contributed by atoms with Crippen molar-refractivity contribution in [2.24, 2.45) is 11.1 Å². The van der Waals surface area contributed by atoms with E-state index >= 15 is 0 Å². The van der Waals surface area contributed by atoms with Crippen LogP contribution in [-0.2, 0) is 0 Å². The third-order valence-electron chi connectivity index (χ3n) is 1.95. The first-order valence-electron chi connectivity index (χ1n) is 3.97. The van der Waals surface area contributed by atoms with Crippen LogP contribution in [0.1, 0.15) is 23.5 Å². The van der Waals surface area contributed by atoms with E-state index in [-0.39, 0.29) is 5.78 Å². The van der Waals surface area contributed by atoms with Gasteiger partial charge in [-0.05, 0) is 11.4 Å². The highest BCUT2D eigenvalue weighted by atomic mass is 35.5. The molecule has 1 aromatic heterocycles. The first-order valence-corrected chi connectivity index (χ1v) is 5.22. The second-order valence-electron chi connectivity index (χ2n) is 3.51. The van der Waals surface area contributed by atoms with Gasteiger partial charge in [-0.25, -0.2) is 0 Å². The molecule has 0 atom stereocenters. The number of nitrogens with two attached hydrogens (primary N) is 1. The molecule has 0 aromatic carbocycles. The topological polar surface area (TPSA) is 43.1 Å². The zero-order valence-corrected chi connectivity index (χ0v) is 9.21. The maximum atomic E-state index is 11.8. The van der Waals surface area contributed by atoms with Crippen LogP contribution in [0.3, 0.4) is 0 Å². The number of rotatable bonds is 3. The minimum Gasteiger partial charge on any atom is -0.329 e. The maximum Gasteiger partial charge on any atom is 0.181 e. The predicted octanol–water partition coefficient (Wildman–Crippen LogP) is 2.57. The van der Waals surface area contributed by atoms with Crippen molar-refractivity contribution in [3.05, 3.63) is 21.3 Å². The quantitative estimate of drug-likeness (QED) is 0.791. The zero-order valence-electron chi connectivity index (χ0n) is 7.63. The minimum absolute atomic E-state index is 0.0231. The largest absolute Gasteiger partial charge is 0.329 e. The first-order chi connectivity index (χ1) is 5.99. The van der Waals surface area contributed by atoms with E-state index in [1.807, 2.05) is 19.2 Å². The summed E-state index contributed by atoms with van der Waals surface area (Å²) in [7, 11) is 0. The molecule has 0 radical (unpaired) electrons. The molecular weight excluding hydrogens is 206 g/mol. The number of ketones is 1. The lowest BCUT2D eigenvalue weighted by molar-refractivity contribution is 0.0852. The molecule has 0 aliphatic carbocycles. The summed E-state index contributed by atoms with van der Waals surface area (Å²) in [6.45, 7) is 3.98. The van der Waals surface area contributed by atoms with Gasteiger partial charge in [0, 0.05) is 12.0 Å². The smallest absolute Gasteiger partial charge is 0.181 e. The fourth-order valence-electron chi connectivity index (χ4n) is 0.856. The van der Waals surface area contributed by atoms with Gasteiger partial charge < -0.3 is 5.73 Å². The van der Waals surface area contributed by atoms with Gasteiger partial charge in [-0.1, -0.05) is 25.4 Å². The van der Waals surface area contributed by atoms with E-state index in [1.165, 1.54) is 11.3 Å². The summed E-state index contributed by atoms with van der Waals surface area (Å²) in [5.74, 6) is 0.0231. The molecule has 4 heteroatoms. The van der Waals surface area contributed by atoms with Crippen molar-refractivity contribution in [1.29, 1.82) is 0 Å². The highest BCUT2D eigenvalue weighted by Gasteiger charge is 2.29. The van der Waals surface area contributed by atoms with Crippen LogP contribution in [0.2, 0.25) is 5.02 Å². The first kappa shape index (κ1) is 10.7. The third-order valence-corrected chi connectivity index (χ3v) is 3.29. The van der Waals surface area contributed by atoms with E-state index < -0.39 is 5.41 Å². The van der Waals surface area contributed by atoms with Gasteiger partial charge in [-0.3, -0.25) is 4.79 Å². The van der Waals surface area contributed by atoms with E-state index in [9.17, 15) is 4.79 Å². The van der Waals surface area contributed by atoms with Gasteiger partial charge in [0.25, 0.3) is 0 Å². The summed E-state index contributed by atoms with van der Waals surface area (Å²) in [5.41, 5.74) is 4.98. The Balaban J connectivity index is 2.98. The average molecular weight is 218 g/mol. The van der Waals surface area contributed by atoms with E-state index in [1.54, 1.807) is 6.07 Å². The molecule has 0 amide bonds. The van der Waals surface area contributed by atoms with Crippen molar-refractivity contribution < 1.29 is 4.79 Å². The summed E-state index contributed by atoms with van der Waals surface area (Å²) in [6, 6.07) is 1.73. The summed E-state index contributed by atoms with van der Waals surface area (Å²) in [6.07, 6.45) is 0. The fourth-order valence-corrected chi connectivity index (χ4v) is 2.12. The zero-order chi connectivity index (χ0) is 10.1. The molecule has 0 aliphatic heterocycles. The van der Waals surface area contributed by atoms with Crippen LogP contribution in [0.4, 0.5) is 0 Å². The van der Waals surface area contributed by atoms with Crippen LogP contribution >= 0.6 is 22.9 Å². The molecule has 0 saturated heterocycles. The molecule has 1 rings (SSSR count).